The number of nitrogens with one attached hydrogen (secondary N) is 3. The molecule has 11 heteroatoms. The zero-order valence-corrected chi connectivity index (χ0v) is 20.5. The Morgan fingerprint density at radius 1 is 1.29 bits per heavy atom. The summed E-state index contributed by atoms with van der Waals surface area (Å²) in [7, 11) is 0. The van der Waals surface area contributed by atoms with E-state index in [2.05, 4.69) is 25.8 Å². The van der Waals surface area contributed by atoms with Crippen molar-refractivity contribution in [3.63, 3.8) is 0 Å². The number of hydrazone groups is 1. The van der Waals surface area contributed by atoms with Gasteiger partial charge < -0.3 is 24.9 Å². The van der Waals surface area contributed by atoms with Gasteiger partial charge in [0, 0.05) is 18.3 Å². The van der Waals surface area contributed by atoms with Crippen LogP contribution in [0.4, 0.5) is 4.79 Å². The Hall–Kier alpha value is -3.61. The number of aromatic hydroxyl groups is 1. The zero-order valence-electron chi connectivity index (χ0n) is 18.3. The molecule has 0 radical (unpaired) electrons. The number of rotatable bonds is 10. The first-order chi connectivity index (χ1) is 16.5. The summed E-state index contributed by atoms with van der Waals surface area (Å²) < 4.78 is 11.2. The smallest absolute Gasteiger partial charge is 0.408 e. The lowest BCUT2D eigenvalue weighted by Gasteiger charge is -2.16. The molecule has 1 aromatic heterocycles. The number of amides is 2. The van der Waals surface area contributed by atoms with Gasteiger partial charge in [0.2, 0.25) is 0 Å². The maximum Gasteiger partial charge on any atom is 0.408 e. The summed E-state index contributed by atoms with van der Waals surface area (Å²) in [6, 6.07) is 11.6. The minimum atomic E-state index is -0.959. The number of carbonyl (C=O) groups is 2. The van der Waals surface area contributed by atoms with Crippen molar-refractivity contribution in [3.05, 3.63) is 75.4 Å². The van der Waals surface area contributed by atoms with Crippen molar-refractivity contribution in [3.8, 4) is 11.5 Å². The largest absolute Gasteiger partial charge is 0.504 e. The van der Waals surface area contributed by atoms with Crippen LogP contribution in [0.5, 0.6) is 11.5 Å². The van der Waals surface area contributed by atoms with Gasteiger partial charge in [-0.1, -0.05) is 30.3 Å². The number of alkyl carbamates (subject to hydrolysis) is 1. The van der Waals surface area contributed by atoms with Gasteiger partial charge in [-0.3, -0.25) is 4.79 Å². The molecule has 0 fully saturated rings. The molecule has 1 heterocycles. The Bertz CT molecular complexity index is 1120. The summed E-state index contributed by atoms with van der Waals surface area (Å²) in [5, 5.41) is 16.6. The summed E-state index contributed by atoms with van der Waals surface area (Å²) in [5.74, 6) is -0.176. The number of phenols is 1. The van der Waals surface area contributed by atoms with Crippen molar-refractivity contribution in [1.82, 2.24) is 20.7 Å². The molecular weight excluding hydrogens is 553 g/mol. The maximum atomic E-state index is 12.8. The minimum absolute atomic E-state index is 0.0430. The Morgan fingerprint density at radius 2 is 2.09 bits per heavy atom. The van der Waals surface area contributed by atoms with Gasteiger partial charge in [-0.05, 0) is 52.8 Å². The van der Waals surface area contributed by atoms with Crippen molar-refractivity contribution in [2.24, 2.45) is 5.10 Å². The van der Waals surface area contributed by atoms with Gasteiger partial charge in [0.15, 0.2) is 11.5 Å². The molecule has 0 aliphatic carbocycles. The number of hydrogen-bond donors (Lipinski definition) is 4. The first-order valence-electron chi connectivity index (χ1n) is 10.4. The van der Waals surface area contributed by atoms with Crippen LogP contribution in [0.15, 0.2) is 60.1 Å². The van der Waals surface area contributed by atoms with Crippen LogP contribution in [-0.2, 0) is 22.6 Å². The van der Waals surface area contributed by atoms with Gasteiger partial charge in [0.25, 0.3) is 5.91 Å². The van der Waals surface area contributed by atoms with E-state index in [-0.39, 0.29) is 18.8 Å². The second-order valence-electron chi connectivity index (χ2n) is 7.06. The summed E-state index contributed by atoms with van der Waals surface area (Å²) in [6.45, 7) is 2.28. The topological polar surface area (TPSA) is 138 Å². The first kappa shape index (κ1) is 25.0. The first-order valence-corrected chi connectivity index (χ1v) is 11.5. The molecule has 2 aromatic carbocycles. The lowest BCUT2D eigenvalue weighted by molar-refractivity contribution is -0.123. The van der Waals surface area contributed by atoms with Crippen LogP contribution >= 0.6 is 22.6 Å². The average Bonchev–Trinajstić information content (AvgIpc) is 3.34. The molecule has 0 aliphatic rings. The van der Waals surface area contributed by atoms with Crippen LogP contribution in [0, 0.1) is 3.57 Å². The van der Waals surface area contributed by atoms with Crippen molar-refractivity contribution < 1.29 is 24.2 Å². The molecular formula is C23H24IN5O5. The van der Waals surface area contributed by atoms with E-state index >= 15 is 0 Å². The van der Waals surface area contributed by atoms with Crippen molar-refractivity contribution in [2.75, 3.05) is 6.61 Å². The van der Waals surface area contributed by atoms with E-state index < -0.39 is 18.0 Å². The van der Waals surface area contributed by atoms with Crippen molar-refractivity contribution in [1.29, 1.82) is 0 Å². The molecule has 0 saturated carbocycles. The second kappa shape index (κ2) is 12.6. The van der Waals surface area contributed by atoms with Gasteiger partial charge >= 0.3 is 6.09 Å². The number of carbonyl (C=O) groups excluding carboxylic acids is 2. The number of imidazole rings is 1. The summed E-state index contributed by atoms with van der Waals surface area (Å²) in [5.41, 5.74) is 4.53. The third kappa shape index (κ3) is 7.47. The Balaban J connectivity index is 1.63. The van der Waals surface area contributed by atoms with Crippen LogP contribution in [0.2, 0.25) is 0 Å². The van der Waals surface area contributed by atoms with E-state index in [1.165, 1.54) is 12.5 Å². The minimum Gasteiger partial charge on any atom is -0.504 e. The quantitative estimate of drug-likeness (QED) is 0.166. The number of benzene rings is 2. The number of nitrogens with zero attached hydrogens (tertiary/aromatic N) is 2. The van der Waals surface area contributed by atoms with E-state index in [1.54, 1.807) is 18.3 Å². The van der Waals surface area contributed by atoms with Crippen LogP contribution in [0.1, 0.15) is 23.7 Å². The van der Waals surface area contributed by atoms with Crippen LogP contribution in [0.3, 0.4) is 0 Å². The Kier molecular flexibility index (Phi) is 9.26. The second-order valence-corrected chi connectivity index (χ2v) is 8.22. The predicted octanol–water partition coefficient (Wildman–Crippen LogP) is 3.11. The normalized spacial score (nSPS) is 11.7. The molecule has 10 nitrogen and oxygen atoms in total. The fraction of sp³-hybridized carbons (Fsp3) is 0.217. The van der Waals surface area contributed by atoms with E-state index in [0.717, 1.165) is 5.56 Å². The lowest BCUT2D eigenvalue weighted by Crippen LogP contribution is -2.47. The molecule has 0 unspecified atom stereocenters. The average molecular weight is 577 g/mol. The highest BCUT2D eigenvalue weighted by Crippen LogP contribution is 2.32. The standard InChI is InChI=1S/C23H24IN5O5/c1-2-33-20-9-16(8-18(24)21(20)30)11-27-29-22(31)19(10-17-12-25-14-26-17)28-23(32)34-13-15-6-4-3-5-7-15/h3-9,11-12,14,19,30H,2,10,13H2,1H3,(H,25,26)(H,28,32)(H,29,31)/b27-11-/t19-/m0/s1. The molecule has 0 bridgehead atoms. The number of aromatic nitrogens is 2. The van der Waals surface area contributed by atoms with Gasteiger partial charge in [0.05, 0.1) is 22.7 Å². The van der Waals surface area contributed by atoms with E-state index in [9.17, 15) is 14.7 Å². The number of phenolic OH excluding ortho intramolecular Hbond substituents is 1. The number of halogens is 1. The van der Waals surface area contributed by atoms with Crippen LogP contribution < -0.4 is 15.5 Å². The third-order valence-corrected chi connectivity index (χ3v) is 5.36. The third-order valence-electron chi connectivity index (χ3n) is 4.54. The number of ether oxygens (including phenoxy) is 2. The van der Waals surface area contributed by atoms with Crippen LogP contribution in [-0.4, -0.2) is 45.9 Å². The Morgan fingerprint density at radius 3 is 2.79 bits per heavy atom. The summed E-state index contributed by atoms with van der Waals surface area (Å²) in [4.78, 5) is 31.9. The summed E-state index contributed by atoms with van der Waals surface area (Å²) >= 11 is 1.98. The fourth-order valence-electron chi connectivity index (χ4n) is 2.91. The molecule has 0 aliphatic heterocycles. The molecule has 0 saturated heterocycles. The van der Waals surface area contributed by atoms with E-state index in [4.69, 9.17) is 9.47 Å². The van der Waals surface area contributed by atoms with E-state index in [1.807, 2.05) is 59.8 Å². The van der Waals surface area contributed by atoms with Crippen molar-refractivity contribution >= 4 is 40.8 Å². The molecule has 4 N–H and O–H groups in total. The lowest BCUT2D eigenvalue weighted by atomic mass is 10.1. The SMILES string of the molecule is CCOc1cc(/C=N\NC(=O)[C@H](Cc2cnc[nH]2)NC(=O)OCc2ccccc2)cc(I)c1O. The van der Waals surface area contributed by atoms with E-state index in [0.29, 0.717) is 27.2 Å². The predicted molar refractivity (Wildman–Crippen MR) is 134 cm³/mol. The van der Waals surface area contributed by atoms with Gasteiger partial charge in [-0.15, -0.1) is 0 Å². The molecule has 3 rings (SSSR count). The highest BCUT2D eigenvalue weighted by Gasteiger charge is 2.22. The van der Waals surface area contributed by atoms with Crippen LogP contribution in [0.25, 0.3) is 0 Å². The summed E-state index contributed by atoms with van der Waals surface area (Å²) in [6.07, 6.45) is 3.89. The molecule has 34 heavy (non-hydrogen) atoms. The molecule has 2 amide bonds. The monoisotopic (exact) mass is 577 g/mol. The maximum absolute atomic E-state index is 12.8. The zero-order chi connectivity index (χ0) is 24.3. The molecule has 0 spiro atoms. The molecule has 1 atom stereocenters. The fourth-order valence-corrected chi connectivity index (χ4v) is 3.54. The molecule has 3 aromatic rings. The van der Waals surface area contributed by atoms with Crippen molar-refractivity contribution in [2.45, 2.75) is 26.0 Å². The number of hydrogen-bond acceptors (Lipinski definition) is 7. The highest BCUT2D eigenvalue weighted by molar-refractivity contribution is 14.1. The van der Waals surface area contributed by atoms with Gasteiger partial charge in [-0.25, -0.2) is 15.2 Å². The van der Waals surface area contributed by atoms with Gasteiger partial charge in [0.1, 0.15) is 12.6 Å². The number of aromatic amines is 1. The molecule has 178 valence electrons. The van der Waals surface area contributed by atoms with Gasteiger partial charge in [-0.2, -0.15) is 5.10 Å². The number of H-pyrrole nitrogens is 1. The highest BCUT2D eigenvalue weighted by atomic mass is 127. The Labute approximate surface area is 209 Å².